The SMILES string of the molecule is C=C/C(=C\CN)c1ccc(C)cn1. The third-order valence-corrected chi connectivity index (χ3v) is 1.76. The van der Waals surface area contributed by atoms with Crippen LogP contribution in [0.3, 0.4) is 0 Å². The van der Waals surface area contributed by atoms with Crippen LogP contribution in [0.15, 0.2) is 37.1 Å². The molecule has 0 aliphatic rings. The molecule has 68 valence electrons. The van der Waals surface area contributed by atoms with Crippen molar-refractivity contribution in [1.82, 2.24) is 4.98 Å². The second-order valence-electron chi connectivity index (χ2n) is 2.82. The van der Waals surface area contributed by atoms with E-state index < -0.39 is 0 Å². The van der Waals surface area contributed by atoms with E-state index in [0.29, 0.717) is 6.54 Å². The largest absolute Gasteiger partial charge is 0.327 e. The quantitative estimate of drug-likeness (QED) is 0.711. The van der Waals surface area contributed by atoms with Crippen LogP contribution in [-0.2, 0) is 0 Å². The summed E-state index contributed by atoms with van der Waals surface area (Å²) in [6.45, 7) is 6.24. The predicted molar refractivity (Wildman–Crippen MR) is 56.2 cm³/mol. The zero-order chi connectivity index (χ0) is 9.68. The summed E-state index contributed by atoms with van der Waals surface area (Å²) in [4.78, 5) is 4.27. The van der Waals surface area contributed by atoms with Gasteiger partial charge >= 0.3 is 0 Å². The van der Waals surface area contributed by atoms with Gasteiger partial charge in [0.1, 0.15) is 0 Å². The molecule has 0 aliphatic heterocycles. The number of nitrogens with zero attached hydrogens (tertiary/aromatic N) is 1. The van der Waals surface area contributed by atoms with Crippen molar-refractivity contribution in [2.75, 3.05) is 6.54 Å². The van der Waals surface area contributed by atoms with Crippen molar-refractivity contribution in [3.8, 4) is 0 Å². The smallest absolute Gasteiger partial charge is 0.0699 e. The van der Waals surface area contributed by atoms with E-state index in [0.717, 1.165) is 16.8 Å². The normalized spacial score (nSPS) is 11.4. The zero-order valence-corrected chi connectivity index (χ0v) is 7.83. The Bertz CT molecular complexity index is 309. The minimum atomic E-state index is 0.511. The molecule has 0 saturated heterocycles. The Kier molecular flexibility index (Phi) is 3.41. The van der Waals surface area contributed by atoms with Gasteiger partial charge in [-0.25, -0.2) is 0 Å². The Morgan fingerprint density at radius 1 is 1.62 bits per heavy atom. The van der Waals surface area contributed by atoms with Crippen molar-refractivity contribution in [3.05, 3.63) is 48.3 Å². The Morgan fingerprint density at radius 2 is 2.38 bits per heavy atom. The summed E-state index contributed by atoms with van der Waals surface area (Å²) >= 11 is 0. The van der Waals surface area contributed by atoms with Crippen molar-refractivity contribution in [1.29, 1.82) is 0 Å². The van der Waals surface area contributed by atoms with Gasteiger partial charge < -0.3 is 5.73 Å². The molecule has 0 fully saturated rings. The fourth-order valence-electron chi connectivity index (χ4n) is 1.06. The van der Waals surface area contributed by atoms with E-state index in [-0.39, 0.29) is 0 Å². The van der Waals surface area contributed by atoms with E-state index in [1.165, 1.54) is 0 Å². The lowest BCUT2D eigenvalue weighted by Gasteiger charge is -2.00. The summed E-state index contributed by atoms with van der Waals surface area (Å²) in [5.74, 6) is 0. The lowest BCUT2D eigenvalue weighted by Crippen LogP contribution is -1.96. The fraction of sp³-hybridized carbons (Fsp3) is 0.182. The number of rotatable bonds is 3. The van der Waals surface area contributed by atoms with Crippen LogP contribution in [0.4, 0.5) is 0 Å². The van der Waals surface area contributed by atoms with Crippen molar-refractivity contribution < 1.29 is 0 Å². The molecule has 1 aromatic rings. The minimum absolute atomic E-state index is 0.511. The van der Waals surface area contributed by atoms with E-state index in [2.05, 4.69) is 11.6 Å². The van der Waals surface area contributed by atoms with Gasteiger partial charge in [0.2, 0.25) is 0 Å². The standard InChI is InChI=1S/C11H14N2/c1-3-10(6-7-12)11-5-4-9(2)8-13-11/h3-6,8H,1,7,12H2,2H3/b10-6+. The van der Waals surface area contributed by atoms with Crippen LogP contribution in [0.1, 0.15) is 11.3 Å². The first-order valence-corrected chi connectivity index (χ1v) is 4.23. The molecule has 13 heavy (non-hydrogen) atoms. The van der Waals surface area contributed by atoms with Gasteiger partial charge in [0.15, 0.2) is 0 Å². The molecule has 2 heteroatoms. The molecule has 0 aromatic carbocycles. The molecule has 2 nitrogen and oxygen atoms in total. The molecule has 1 heterocycles. The third kappa shape index (κ3) is 2.53. The van der Waals surface area contributed by atoms with Gasteiger partial charge in [-0.05, 0) is 24.1 Å². The zero-order valence-electron chi connectivity index (χ0n) is 7.83. The summed E-state index contributed by atoms with van der Waals surface area (Å²) < 4.78 is 0. The molecule has 0 amide bonds. The molecule has 0 saturated carbocycles. The maximum Gasteiger partial charge on any atom is 0.0699 e. The highest BCUT2D eigenvalue weighted by atomic mass is 14.7. The number of allylic oxidation sites excluding steroid dienone is 2. The van der Waals surface area contributed by atoms with E-state index in [1.807, 2.05) is 31.3 Å². The second-order valence-corrected chi connectivity index (χ2v) is 2.82. The highest BCUT2D eigenvalue weighted by Gasteiger charge is 1.96. The molecule has 0 aliphatic carbocycles. The summed E-state index contributed by atoms with van der Waals surface area (Å²) in [5.41, 5.74) is 8.48. The molecule has 0 spiro atoms. The third-order valence-electron chi connectivity index (χ3n) is 1.76. The summed E-state index contributed by atoms with van der Waals surface area (Å²) in [5, 5.41) is 0. The lowest BCUT2D eigenvalue weighted by molar-refractivity contribution is 1.21. The van der Waals surface area contributed by atoms with Crippen molar-refractivity contribution in [3.63, 3.8) is 0 Å². The molecule has 1 rings (SSSR count). The fourth-order valence-corrected chi connectivity index (χ4v) is 1.06. The minimum Gasteiger partial charge on any atom is -0.327 e. The first-order chi connectivity index (χ1) is 6.27. The van der Waals surface area contributed by atoms with Gasteiger partial charge in [0.05, 0.1) is 5.69 Å². The number of pyridine rings is 1. The van der Waals surface area contributed by atoms with E-state index in [1.54, 1.807) is 6.08 Å². The van der Waals surface area contributed by atoms with Gasteiger partial charge in [-0.3, -0.25) is 4.98 Å². The summed E-state index contributed by atoms with van der Waals surface area (Å²) in [6.07, 6.45) is 5.51. The number of nitrogens with two attached hydrogens (primary N) is 1. The van der Waals surface area contributed by atoms with Crippen LogP contribution < -0.4 is 5.73 Å². The van der Waals surface area contributed by atoms with Gasteiger partial charge in [-0.2, -0.15) is 0 Å². The number of hydrogen-bond donors (Lipinski definition) is 1. The maximum absolute atomic E-state index is 5.42. The van der Waals surface area contributed by atoms with E-state index in [4.69, 9.17) is 5.73 Å². The molecular weight excluding hydrogens is 160 g/mol. The van der Waals surface area contributed by atoms with Crippen LogP contribution in [0.2, 0.25) is 0 Å². The van der Waals surface area contributed by atoms with Crippen LogP contribution in [0.25, 0.3) is 5.57 Å². The van der Waals surface area contributed by atoms with Crippen molar-refractivity contribution in [2.45, 2.75) is 6.92 Å². The number of aromatic nitrogens is 1. The molecule has 0 radical (unpaired) electrons. The number of aryl methyl sites for hydroxylation is 1. The Morgan fingerprint density at radius 3 is 2.85 bits per heavy atom. The lowest BCUT2D eigenvalue weighted by atomic mass is 10.1. The van der Waals surface area contributed by atoms with Gasteiger partial charge in [-0.1, -0.05) is 24.8 Å². The average Bonchev–Trinajstić information content (AvgIpc) is 2.16. The molecule has 0 unspecified atom stereocenters. The summed E-state index contributed by atoms with van der Waals surface area (Å²) in [7, 11) is 0. The van der Waals surface area contributed by atoms with Crippen LogP contribution in [0, 0.1) is 6.92 Å². The van der Waals surface area contributed by atoms with E-state index in [9.17, 15) is 0 Å². The topological polar surface area (TPSA) is 38.9 Å². The molecule has 0 bridgehead atoms. The monoisotopic (exact) mass is 174 g/mol. The highest BCUT2D eigenvalue weighted by Crippen LogP contribution is 2.12. The molecule has 2 N–H and O–H groups in total. The van der Waals surface area contributed by atoms with Crippen LogP contribution >= 0.6 is 0 Å². The molecule has 1 aromatic heterocycles. The van der Waals surface area contributed by atoms with Gasteiger partial charge in [-0.15, -0.1) is 0 Å². The Hall–Kier alpha value is -1.41. The second kappa shape index (κ2) is 4.58. The number of hydrogen-bond acceptors (Lipinski definition) is 2. The first kappa shape index (κ1) is 9.68. The van der Waals surface area contributed by atoms with E-state index >= 15 is 0 Å². The summed E-state index contributed by atoms with van der Waals surface area (Å²) in [6, 6.07) is 3.99. The van der Waals surface area contributed by atoms with Crippen molar-refractivity contribution >= 4 is 5.57 Å². The highest BCUT2D eigenvalue weighted by molar-refractivity contribution is 5.71. The molecular formula is C11H14N2. The maximum atomic E-state index is 5.42. The van der Waals surface area contributed by atoms with Crippen LogP contribution in [-0.4, -0.2) is 11.5 Å². The predicted octanol–water partition coefficient (Wildman–Crippen LogP) is 1.92. The molecule has 0 atom stereocenters. The first-order valence-electron chi connectivity index (χ1n) is 4.23. The van der Waals surface area contributed by atoms with Gasteiger partial charge in [0.25, 0.3) is 0 Å². The Balaban J connectivity index is 2.99. The van der Waals surface area contributed by atoms with Crippen LogP contribution in [0.5, 0.6) is 0 Å². The van der Waals surface area contributed by atoms with Gasteiger partial charge in [0, 0.05) is 12.7 Å². The Labute approximate surface area is 78.8 Å². The average molecular weight is 174 g/mol. The van der Waals surface area contributed by atoms with Crippen molar-refractivity contribution in [2.24, 2.45) is 5.73 Å².